The number of hydrogen-bond acceptors (Lipinski definition) is 2. The highest BCUT2D eigenvalue weighted by Crippen LogP contribution is 2.59. The van der Waals surface area contributed by atoms with Gasteiger partial charge in [0, 0.05) is 13.1 Å². The zero-order valence-electron chi connectivity index (χ0n) is 20.9. The Bertz CT molecular complexity index is 1000. The Morgan fingerprint density at radius 3 is 0.804 bits per heavy atom. The molecule has 0 aromatic heterocycles. The molecular formula is C18H12F24N2O2. The molecule has 0 aliphatic heterocycles. The van der Waals surface area contributed by atoms with Crippen molar-refractivity contribution in [2.24, 2.45) is 0 Å². The Kier molecular flexibility index (Phi) is 11.9. The minimum Gasteiger partial charge on any atom is -0.351 e. The fraction of sp³-hybridized carbons (Fsp3) is 0.889. The second-order valence-corrected chi connectivity index (χ2v) is 8.66. The van der Waals surface area contributed by atoms with Gasteiger partial charge in [0.2, 0.25) is 0 Å². The summed E-state index contributed by atoms with van der Waals surface area (Å²) in [5.74, 6) is -84.3. The van der Waals surface area contributed by atoms with Crippen molar-refractivity contribution < 1.29 is 115 Å². The molecule has 0 saturated heterocycles. The van der Waals surface area contributed by atoms with Gasteiger partial charge in [-0.1, -0.05) is 0 Å². The lowest BCUT2D eigenvalue weighted by molar-refractivity contribution is -0.407. The number of rotatable bonds is 17. The smallest absolute Gasteiger partial charge is 0.351 e. The van der Waals surface area contributed by atoms with Gasteiger partial charge in [0.05, 0.1) is 0 Å². The van der Waals surface area contributed by atoms with Crippen LogP contribution in [0.2, 0.25) is 0 Å². The van der Waals surface area contributed by atoms with Crippen molar-refractivity contribution in [2.45, 2.75) is 84.9 Å². The number of carbonyl (C=O) groups is 2. The van der Waals surface area contributed by atoms with Crippen LogP contribution < -0.4 is 10.6 Å². The van der Waals surface area contributed by atoms with Gasteiger partial charge in [-0.2, -0.15) is 87.8 Å². The average Bonchev–Trinajstić information content (AvgIpc) is 2.88. The lowest BCUT2D eigenvalue weighted by atomic mass is 9.94. The molecule has 0 radical (unpaired) electrons. The van der Waals surface area contributed by atoms with Crippen molar-refractivity contribution in [3.05, 3.63) is 0 Å². The number of alkyl halides is 24. The molecule has 2 amide bonds. The number of hydrogen-bond donors (Lipinski definition) is 2. The highest BCUT2D eigenvalue weighted by atomic mass is 19.4. The maximum Gasteiger partial charge on any atom is 0.392 e. The SMILES string of the molecule is O=C(NCCCCNC(=O)C(F)(F)C(F)(F)C(F)(F)C(F)(F)C(F)(F)C(F)F)C(F)(F)C(F)(F)C(F)(F)C(F)(F)C(F)(F)C(F)F. The average molecular weight is 744 g/mol. The Morgan fingerprint density at radius 1 is 0.391 bits per heavy atom. The number of amides is 2. The van der Waals surface area contributed by atoms with Gasteiger partial charge < -0.3 is 10.6 Å². The van der Waals surface area contributed by atoms with E-state index in [2.05, 4.69) is 0 Å². The number of carbonyl (C=O) groups excluding carboxylic acids is 2. The van der Waals surface area contributed by atoms with E-state index in [1.807, 2.05) is 0 Å². The molecule has 0 rings (SSSR count). The molecule has 2 N–H and O–H groups in total. The molecule has 0 aromatic carbocycles. The molecule has 0 fully saturated rings. The van der Waals surface area contributed by atoms with Crippen LogP contribution in [0.15, 0.2) is 0 Å². The van der Waals surface area contributed by atoms with E-state index in [0.29, 0.717) is 10.6 Å². The Labute approximate surface area is 236 Å². The molecule has 0 heterocycles. The van der Waals surface area contributed by atoms with E-state index < -0.39 is 110 Å². The monoisotopic (exact) mass is 744 g/mol. The van der Waals surface area contributed by atoms with Gasteiger partial charge in [0.15, 0.2) is 0 Å². The first-order chi connectivity index (χ1) is 19.9. The summed E-state index contributed by atoms with van der Waals surface area (Å²) in [6.07, 6.45) is -14.1. The molecule has 28 heteroatoms. The van der Waals surface area contributed by atoms with E-state index in [-0.39, 0.29) is 0 Å². The van der Waals surface area contributed by atoms with E-state index in [9.17, 15) is 115 Å². The van der Waals surface area contributed by atoms with Crippen LogP contribution in [-0.2, 0) is 9.59 Å². The van der Waals surface area contributed by atoms with Crippen LogP contribution in [0.5, 0.6) is 0 Å². The topological polar surface area (TPSA) is 58.2 Å². The van der Waals surface area contributed by atoms with E-state index in [1.165, 1.54) is 0 Å². The van der Waals surface area contributed by atoms with Gasteiger partial charge >= 0.3 is 72.1 Å². The Morgan fingerprint density at radius 2 is 0.609 bits per heavy atom. The highest BCUT2D eigenvalue weighted by Gasteiger charge is 2.90. The lowest BCUT2D eigenvalue weighted by Crippen LogP contribution is -2.71. The summed E-state index contributed by atoms with van der Waals surface area (Å²) in [5, 5.41) is 1.08. The van der Waals surface area contributed by atoms with E-state index in [4.69, 9.17) is 0 Å². The van der Waals surface area contributed by atoms with Crippen molar-refractivity contribution in [3.8, 4) is 0 Å². The van der Waals surface area contributed by atoms with E-state index >= 15 is 0 Å². The first-order valence-corrected chi connectivity index (χ1v) is 10.8. The highest BCUT2D eigenvalue weighted by molar-refractivity contribution is 5.85. The van der Waals surface area contributed by atoms with Crippen molar-refractivity contribution in [1.82, 2.24) is 10.6 Å². The quantitative estimate of drug-likeness (QED) is 0.126. The third-order valence-corrected chi connectivity index (χ3v) is 5.50. The predicted octanol–water partition coefficient (Wildman–Crippen LogP) is 6.88. The second-order valence-electron chi connectivity index (χ2n) is 8.66. The van der Waals surface area contributed by atoms with Crippen LogP contribution in [0.25, 0.3) is 0 Å². The first-order valence-electron chi connectivity index (χ1n) is 10.8. The van der Waals surface area contributed by atoms with Gasteiger partial charge in [-0.25, -0.2) is 17.6 Å². The number of unbranched alkanes of at least 4 members (excludes halogenated alkanes) is 1. The largest absolute Gasteiger partial charge is 0.392 e. The molecule has 0 saturated carbocycles. The molecular weight excluding hydrogens is 732 g/mol. The number of nitrogens with one attached hydrogen (secondary N) is 2. The standard InChI is InChI=1S/C18H12F24N2O2/c19-5(20)9(23,24)13(31,32)17(39,40)15(35,36)11(27,28)7(45)43-3-1-2-4-44-8(46)12(29,30)16(37,38)18(41,42)14(33,34)10(25,26)6(21)22/h5-6H,1-4H2,(H,43,45)(H,44,46). The molecule has 4 nitrogen and oxygen atoms in total. The van der Waals surface area contributed by atoms with Crippen molar-refractivity contribution in [1.29, 1.82) is 0 Å². The maximum absolute atomic E-state index is 13.6. The van der Waals surface area contributed by atoms with E-state index in [0.717, 1.165) is 0 Å². The summed E-state index contributed by atoms with van der Waals surface area (Å²) in [6.45, 7) is -3.23. The van der Waals surface area contributed by atoms with Crippen LogP contribution in [-0.4, -0.2) is 97.0 Å². The third-order valence-electron chi connectivity index (χ3n) is 5.50. The Hall–Kier alpha value is -2.74. The summed E-state index contributed by atoms with van der Waals surface area (Å²) in [7, 11) is 0. The zero-order valence-corrected chi connectivity index (χ0v) is 20.9. The predicted molar refractivity (Wildman–Crippen MR) is 96.7 cm³/mol. The van der Waals surface area contributed by atoms with Crippen LogP contribution in [0, 0.1) is 0 Å². The fourth-order valence-corrected chi connectivity index (χ4v) is 2.64. The summed E-state index contributed by atoms with van der Waals surface area (Å²) < 4.78 is 314. The first kappa shape index (κ1) is 43.3. The van der Waals surface area contributed by atoms with Gasteiger partial charge in [-0.05, 0) is 12.8 Å². The molecule has 0 atom stereocenters. The fourth-order valence-electron chi connectivity index (χ4n) is 2.64. The van der Waals surface area contributed by atoms with E-state index in [1.54, 1.807) is 0 Å². The molecule has 274 valence electrons. The second kappa shape index (κ2) is 12.7. The van der Waals surface area contributed by atoms with Gasteiger partial charge in [0.1, 0.15) is 0 Å². The van der Waals surface area contributed by atoms with Crippen molar-refractivity contribution in [2.75, 3.05) is 13.1 Å². The summed E-state index contributed by atoms with van der Waals surface area (Å²) in [5.41, 5.74) is 0. The van der Waals surface area contributed by atoms with Crippen molar-refractivity contribution >= 4 is 11.8 Å². The minimum absolute atomic E-state index is 0.538. The molecule has 0 aliphatic rings. The molecule has 0 spiro atoms. The normalized spacial score (nSPS) is 15.4. The molecule has 0 aromatic rings. The minimum atomic E-state index is -8.09. The lowest BCUT2D eigenvalue weighted by Gasteiger charge is -2.38. The maximum atomic E-state index is 13.6. The van der Waals surface area contributed by atoms with Crippen LogP contribution in [0.1, 0.15) is 12.8 Å². The Balaban J connectivity index is 5.51. The third kappa shape index (κ3) is 6.40. The summed E-state index contributed by atoms with van der Waals surface area (Å²) in [6, 6.07) is 0. The van der Waals surface area contributed by atoms with Gasteiger partial charge in [0.25, 0.3) is 11.8 Å². The molecule has 0 unspecified atom stereocenters. The van der Waals surface area contributed by atoms with Crippen LogP contribution >= 0.6 is 0 Å². The molecule has 0 aliphatic carbocycles. The number of halogens is 24. The molecule has 46 heavy (non-hydrogen) atoms. The van der Waals surface area contributed by atoms with Crippen molar-refractivity contribution in [3.63, 3.8) is 0 Å². The summed E-state index contributed by atoms with van der Waals surface area (Å²) >= 11 is 0. The molecule has 0 bridgehead atoms. The van der Waals surface area contributed by atoms with Crippen LogP contribution in [0.3, 0.4) is 0 Å². The van der Waals surface area contributed by atoms with Gasteiger partial charge in [-0.3, -0.25) is 9.59 Å². The van der Waals surface area contributed by atoms with Gasteiger partial charge in [-0.15, -0.1) is 0 Å². The zero-order chi connectivity index (χ0) is 37.6. The van der Waals surface area contributed by atoms with Crippen LogP contribution in [0.4, 0.5) is 105 Å². The summed E-state index contributed by atoms with van der Waals surface area (Å²) in [4.78, 5) is 22.4.